The summed E-state index contributed by atoms with van der Waals surface area (Å²) in [6, 6.07) is 13.8. The van der Waals surface area contributed by atoms with Crippen LogP contribution in [0.2, 0.25) is 0 Å². The Bertz CT molecular complexity index is 888. The van der Waals surface area contributed by atoms with Crippen LogP contribution in [0.15, 0.2) is 42.5 Å². The van der Waals surface area contributed by atoms with E-state index in [1.165, 1.54) is 0 Å². The molecule has 1 aromatic heterocycles. The summed E-state index contributed by atoms with van der Waals surface area (Å²) in [6.45, 7) is 1.30. The topological polar surface area (TPSA) is 69.0 Å². The number of aryl methyl sites for hydroxylation is 1. The predicted molar refractivity (Wildman–Crippen MR) is 89.6 cm³/mol. The van der Waals surface area contributed by atoms with Crippen molar-refractivity contribution in [3.8, 4) is 5.75 Å². The first-order chi connectivity index (χ1) is 11.8. The zero-order valence-corrected chi connectivity index (χ0v) is 13.2. The average molecular weight is 322 g/mol. The highest BCUT2D eigenvalue weighted by Crippen LogP contribution is 2.20. The van der Waals surface area contributed by atoms with E-state index >= 15 is 0 Å². The summed E-state index contributed by atoms with van der Waals surface area (Å²) < 4.78 is 7.66. The minimum absolute atomic E-state index is 0.0145. The lowest BCUT2D eigenvalue weighted by Crippen LogP contribution is -2.29. The molecule has 0 bridgehead atoms. The van der Waals surface area contributed by atoms with Gasteiger partial charge in [-0.2, -0.15) is 0 Å². The second-order valence-electron chi connectivity index (χ2n) is 5.86. The van der Waals surface area contributed by atoms with Crippen molar-refractivity contribution in [1.29, 1.82) is 0 Å². The lowest BCUT2D eigenvalue weighted by molar-refractivity contribution is -0.123. The first-order valence-electron chi connectivity index (χ1n) is 8.09. The Morgan fingerprint density at radius 3 is 2.96 bits per heavy atom. The van der Waals surface area contributed by atoms with Crippen molar-refractivity contribution in [2.75, 3.05) is 6.61 Å². The second kappa shape index (κ2) is 6.31. The van der Waals surface area contributed by atoms with E-state index in [0.717, 1.165) is 41.8 Å². The molecule has 1 amide bonds. The number of aromatic nitrogens is 3. The summed E-state index contributed by atoms with van der Waals surface area (Å²) in [6.07, 6.45) is 2.06. The number of ether oxygens (including phenoxy) is 1. The molecule has 0 fully saturated rings. The van der Waals surface area contributed by atoms with Gasteiger partial charge in [0.05, 0.1) is 6.54 Å². The van der Waals surface area contributed by atoms with Crippen LogP contribution in [-0.2, 0) is 24.3 Å². The Kier molecular flexibility index (Phi) is 3.86. The minimum Gasteiger partial charge on any atom is -0.484 e. The van der Waals surface area contributed by atoms with Gasteiger partial charge in [-0.1, -0.05) is 30.3 Å². The minimum atomic E-state index is -0.168. The van der Waals surface area contributed by atoms with E-state index in [0.29, 0.717) is 12.3 Å². The number of carbonyl (C=O) groups is 1. The Morgan fingerprint density at radius 2 is 2.04 bits per heavy atom. The van der Waals surface area contributed by atoms with Gasteiger partial charge >= 0.3 is 0 Å². The van der Waals surface area contributed by atoms with Crippen LogP contribution >= 0.6 is 0 Å². The number of hydrogen-bond donors (Lipinski definition) is 1. The Labute approximate surface area is 139 Å². The molecule has 0 saturated heterocycles. The number of hydrogen-bond acceptors (Lipinski definition) is 4. The van der Waals surface area contributed by atoms with Gasteiger partial charge in [-0.3, -0.25) is 4.79 Å². The molecule has 24 heavy (non-hydrogen) atoms. The van der Waals surface area contributed by atoms with Crippen LogP contribution in [-0.4, -0.2) is 27.3 Å². The van der Waals surface area contributed by atoms with Crippen LogP contribution < -0.4 is 10.1 Å². The fraction of sp³-hybridized carbons (Fsp3) is 0.278. The van der Waals surface area contributed by atoms with E-state index in [2.05, 4.69) is 20.1 Å². The predicted octanol–water partition coefficient (Wildman–Crippen LogP) is 2.07. The number of nitrogens with zero attached hydrogens (tertiary/aromatic N) is 3. The van der Waals surface area contributed by atoms with E-state index in [-0.39, 0.29) is 12.5 Å². The first-order valence-corrected chi connectivity index (χ1v) is 8.09. The smallest absolute Gasteiger partial charge is 0.258 e. The monoisotopic (exact) mass is 322 g/mol. The maximum absolute atomic E-state index is 12.0. The molecule has 2 heterocycles. The molecular formula is C18H18N4O2. The summed E-state index contributed by atoms with van der Waals surface area (Å²) in [5.41, 5.74) is 0. The third-order valence-electron chi connectivity index (χ3n) is 4.22. The van der Waals surface area contributed by atoms with Crippen LogP contribution in [0.4, 0.5) is 0 Å². The molecule has 0 saturated carbocycles. The largest absolute Gasteiger partial charge is 0.484 e. The normalized spacial score (nSPS) is 13.0. The third kappa shape index (κ3) is 2.95. The third-order valence-corrected chi connectivity index (χ3v) is 4.22. The molecule has 0 radical (unpaired) electrons. The fourth-order valence-electron chi connectivity index (χ4n) is 2.98. The Morgan fingerprint density at radius 1 is 1.17 bits per heavy atom. The second-order valence-corrected chi connectivity index (χ2v) is 5.86. The molecule has 1 N–H and O–H groups in total. The number of carbonyl (C=O) groups excluding carboxylic acids is 1. The molecule has 122 valence electrons. The van der Waals surface area contributed by atoms with Gasteiger partial charge in [-0.15, -0.1) is 10.2 Å². The number of benzene rings is 2. The molecule has 6 heteroatoms. The zero-order chi connectivity index (χ0) is 16.4. The quantitative estimate of drug-likeness (QED) is 0.781. The van der Waals surface area contributed by atoms with Gasteiger partial charge in [0.1, 0.15) is 11.6 Å². The van der Waals surface area contributed by atoms with E-state index in [4.69, 9.17) is 4.74 Å². The highest BCUT2D eigenvalue weighted by Gasteiger charge is 2.17. The number of nitrogens with one attached hydrogen (secondary N) is 1. The van der Waals surface area contributed by atoms with Crippen molar-refractivity contribution in [3.63, 3.8) is 0 Å². The molecule has 6 nitrogen and oxygen atoms in total. The molecule has 3 aromatic rings. The standard InChI is InChI=1S/C18H18N4O2/c23-18(19-11-17-21-20-16-6-3-9-22(16)17)12-24-15-8-7-13-4-1-2-5-14(13)10-15/h1-2,4-5,7-8,10H,3,6,9,11-12H2,(H,19,23). The summed E-state index contributed by atoms with van der Waals surface area (Å²) >= 11 is 0. The van der Waals surface area contributed by atoms with Crippen molar-refractivity contribution in [2.45, 2.75) is 25.9 Å². The maximum atomic E-state index is 12.0. The Balaban J connectivity index is 1.32. The number of rotatable bonds is 5. The first kappa shape index (κ1) is 14.7. The van der Waals surface area contributed by atoms with Crippen molar-refractivity contribution >= 4 is 16.7 Å². The molecule has 0 atom stereocenters. The Hall–Kier alpha value is -2.89. The number of fused-ring (bicyclic) bond motifs is 2. The van der Waals surface area contributed by atoms with Gasteiger partial charge in [0.15, 0.2) is 12.4 Å². The highest BCUT2D eigenvalue weighted by molar-refractivity contribution is 5.84. The summed E-state index contributed by atoms with van der Waals surface area (Å²) in [4.78, 5) is 12.0. The van der Waals surface area contributed by atoms with Gasteiger partial charge < -0.3 is 14.6 Å². The molecule has 0 aliphatic carbocycles. The van der Waals surface area contributed by atoms with E-state index in [1.54, 1.807) is 0 Å². The summed E-state index contributed by atoms with van der Waals surface area (Å²) in [5.74, 6) is 2.33. The van der Waals surface area contributed by atoms with Crippen molar-refractivity contribution in [1.82, 2.24) is 20.1 Å². The maximum Gasteiger partial charge on any atom is 0.258 e. The SMILES string of the molecule is O=C(COc1ccc2ccccc2c1)NCc1nnc2n1CCC2. The molecular weight excluding hydrogens is 304 g/mol. The fourth-order valence-corrected chi connectivity index (χ4v) is 2.98. The van der Waals surface area contributed by atoms with E-state index < -0.39 is 0 Å². The van der Waals surface area contributed by atoms with Crippen LogP contribution in [0.5, 0.6) is 5.75 Å². The number of amides is 1. The summed E-state index contributed by atoms with van der Waals surface area (Å²) in [5, 5.41) is 13.3. The zero-order valence-electron chi connectivity index (χ0n) is 13.2. The summed E-state index contributed by atoms with van der Waals surface area (Å²) in [7, 11) is 0. The molecule has 1 aliphatic heterocycles. The molecule has 0 unspecified atom stereocenters. The van der Waals surface area contributed by atoms with Crippen LogP contribution in [0.25, 0.3) is 10.8 Å². The van der Waals surface area contributed by atoms with Gasteiger partial charge in [0, 0.05) is 13.0 Å². The molecule has 4 rings (SSSR count). The van der Waals surface area contributed by atoms with E-state index in [1.807, 2.05) is 42.5 Å². The van der Waals surface area contributed by atoms with Crippen LogP contribution in [0, 0.1) is 0 Å². The lowest BCUT2D eigenvalue weighted by atomic mass is 10.1. The van der Waals surface area contributed by atoms with Crippen LogP contribution in [0.1, 0.15) is 18.1 Å². The molecule has 2 aromatic carbocycles. The van der Waals surface area contributed by atoms with Crippen molar-refractivity contribution in [3.05, 3.63) is 54.1 Å². The average Bonchev–Trinajstić information content (AvgIpc) is 3.22. The van der Waals surface area contributed by atoms with Gasteiger partial charge in [-0.25, -0.2) is 0 Å². The molecule has 0 spiro atoms. The van der Waals surface area contributed by atoms with Gasteiger partial charge in [0.25, 0.3) is 5.91 Å². The molecule has 1 aliphatic rings. The van der Waals surface area contributed by atoms with Crippen molar-refractivity contribution in [2.24, 2.45) is 0 Å². The van der Waals surface area contributed by atoms with E-state index in [9.17, 15) is 4.79 Å². The highest BCUT2D eigenvalue weighted by atomic mass is 16.5. The lowest BCUT2D eigenvalue weighted by Gasteiger charge is -2.08. The van der Waals surface area contributed by atoms with Crippen molar-refractivity contribution < 1.29 is 9.53 Å². The van der Waals surface area contributed by atoms with Gasteiger partial charge in [-0.05, 0) is 29.3 Å². The van der Waals surface area contributed by atoms with Crippen LogP contribution in [0.3, 0.4) is 0 Å². The van der Waals surface area contributed by atoms with Gasteiger partial charge in [0.2, 0.25) is 0 Å².